The molecule has 2 unspecified atom stereocenters. The van der Waals surface area contributed by atoms with Gasteiger partial charge < -0.3 is 4.74 Å². The molecule has 1 aromatic rings. The molecule has 6 heteroatoms. The summed E-state index contributed by atoms with van der Waals surface area (Å²) in [5.74, 6) is -1.35. The van der Waals surface area contributed by atoms with Gasteiger partial charge in [-0.15, -0.1) is 0 Å². The highest BCUT2D eigenvalue weighted by Gasteiger charge is 2.47. The summed E-state index contributed by atoms with van der Waals surface area (Å²) < 4.78 is 5.56. The molecule has 0 fully saturated rings. The number of hydrogen-bond donors (Lipinski definition) is 0. The smallest absolute Gasteiger partial charge is 0.324 e. The quantitative estimate of drug-likeness (QED) is 0.562. The van der Waals surface area contributed by atoms with Crippen LogP contribution in [0.15, 0.2) is 29.3 Å². The van der Waals surface area contributed by atoms with Crippen molar-refractivity contribution < 1.29 is 19.1 Å². The van der Waals surface area contributed by atoms with Crippen LogP contribution in [0.2, 0.25) is 5.02 Å². The van der Waals surface area contributed by atoms with Crippen molar-refractivity contribution in [3.63, 3.8) is 0 Å². The molecule has 0 aromatic heterocycles. The second-order valence-electron chi connectivity index (χ2n) is 7.60. The van der Waals surface area contributed by atoms with Crippen LogP contribution in [-0.2, 0) is 14.3 Å². The largest absolute Gasteiger partial charge is 0.462 e. The monoisotopic (exact) mass is 403 g/mol. The van der Waals surface area contributed by atoms with Crippen LogP contribution in [0.3, 0.4) is 0 Å². The molecule has 1 aliphatic heterocycles. The van der Waals surface area contributed by atoms with Crippen molar-refractivity contribution in [1.82, 2.24) is 4.90 Å². The van der Waals surface area contributed by atoms with Crippen LogP contribution in [0, 0.1) is 0 Å². The minimum Gasteiger partial charge on any atom is -0.462 e. The van der Waals surface area contributed by atoms with E-state index in [0.29, 0.717) is 41.2 Å². The number of nitrogens with zero attached hydrogens (tertiary/aromatic N) is 1. The molecule has 0 saturated carbocycles. The lowest BCUT2D eigenvalue weighted by molar-refractivity contribution is -0.154. The summed E-state index contributed by atoms with van der Waals surface area (Å²) >= 11 is 6.26. The Morgan fingerprint density at radius 3 is 2.57 bits per heavy atom. The van der Waals surface area contributed by atoms with Gasteiger partial charge in [0.2, 0.25) is 0 Å². The lowest BCUT2D eigenvalue weighted by atomic mass is 9.76. The van der Waals surface area contributed by atoms with Crippen molar-refractivity contribution >= 4 is 29.1 Å². The summed E-state index contributed by atoms with van der Waals surface area (Å²) in [5, 5.41) is 0.475. The van der Waals surface area contributed by atoms with E-state index in [-0.39, 0.29) is 30.1 Å². The number of Topliss-reactive ketones (excluding diaryl/α,β-unsaturated/α-hetero) is 2. The van der Waals surface area contributed by atoms with E-state index in [4.69, 9.17) is 16.3 Å². The van der Waals surface area contributed by atoms with Gasteiger partial charge in [-0.2, -0.15) is 0 Å². The van der Waals surface area contributed by atoms with Crippen molar-refractivity contribution in [2.45, 2.75) is 58.6 Å². The molecular formula is C22H26ClNO4. The molecule has 0 amide bonds. The number of carbonyl (C=O) groups excluding carboxylic acids is 3. The molecule has 28 heavy (non-hydrogen) atoms. The van der Waals surface area contributed by atoms with Crippen LogP contribution in [0.4, 0.5) is 0 Å². The maximum Gasteiger partial charge on any atom is 0.324 e. The molecule has 150 valence electrons. The third-order valence-electron chi connectivity index (χ3n) is 5.49. The fourth-order valence-electron chi connectivity index (χ4n) is 4.29. The fraction of sp³-hybridized carbons (Fsp3) is 0.500. The van der Waals surface area contributed by atoms with E-state index in [0.717, 1.165) is 5.57 Å². The summed E-state index contributed by atoms with van der Waals surface area (Å²) in [6, 6.07) is 4.38. The highest BCUT2D eigenvalue weighted by molar-refractivity contribution is 6.31. The number of carbonyl (C=O) groups is 3. The number of esters is 1. The summed E-state index contributed by atoms with van der Waals surface area (Å²) in [6.07, 6.45) is 0.236. The van der Waals surface area contributed by atoms with Crippen LogP contribution < -0.4 is 0 Å². The third kappa shape index (κ3) is 3.65. The molecule has 3 rings (SSSR count). The first-order valence-electron chi connectivity index (χ1n) is 9.80. The predicted octanol–water partition coefficient (Wildman–Crippen LogP) is 3.94. The maximum atomic E-state index is 13.1. The Kier molecular flexibility index (Phi) is 6.06. The van der Waals surface area contributed by atoms with Crippen molar-refractivity contribution in [2.75, 3.05) is 13.1 Å². The normalized spacial score (nSPS) is 22.8. The molecule has 0 bridgehead atoms. The van der Waals surface area contributed by atoms with Gasteiger partial charge in [0.25, 0.3) is 0 Å². The van der Waals surface area contributed by atoms with Gasteiger partial charge in [0, 0.05) is 28.6 Å². The first kappa shape index (κ1) is 20.7. The van der Waals surface area contributed by atoms with Crippen molar-refractivity contribution in [1.29, 1.82) is 0 Å². The number of fused-ring (bicyclic) bond motifs is 3. The zero-order valence-corrected chi connectivity index (χ0v) is 17.5. The average Bonchev–Trinajstić information content (AvgIpc) is 2.74. The van der Waals surface area contributed by atoms with Crippen LogP contribution in [-0.4, -0.2) is 47.7 Å². The van der Waals surface area contributed by atoms with Crippen LogP contribution in [0.25, 0.3) is 0 Å². The second kappa shape index (κ2) is 8.18. The third-order valence-corrected chi connectivity index (χ3v) is 5.73. The van der Waals surface area contributed by atoms with Gasteiger partial charge in [-0.05, 0) is 56.1 Å². The number of ether oxygens (including phenoxy) is 1. The molecule has 2 atom stereocenters. The standard InChI is InChI=1S/C22H26ClNO4/c1-5-13-11-24(6-2)21(22(27)28-12(3)4)20-16-9-14(23)7-8-15(16)17(25)10-18(26)19(13)20/h7-9,12,20-21H,5-6,10-11H2,1-4H3. The predicted molar refractivity (Wildman–Crippen MR) is 108 cm³/mol. The molecule has 1 aromatic carbocycles. The van der Waals surface area contributed by atoms with Crippen LogP contribution in [0.1, 0.15) is 62.4 Å². The number of ketones is 2. The molecular weight excluding hydrogens is 378 g/mol. The number of rotatable bonds is 4. The van der Waals surface area contributed by atoms with E-state index in [1.165, 1.54) is 0 Å². The van der Waals surface area contributed by atoms with E-state index < -0.39 is 12.0 Å². The lowest BCUT2D eigenvalue weighted by Gasteiger charge is -2.41. The number of hydrogen-bond acceptors (Lipinski definition) is 5. The highest BCUT2D eigenvalue weighted by Crippen LogP contribution is 2.43. The summed E-state index contributed by atoms with van der Waals surface area (Å²) in [4.78, 5) is 41.0. The van der Waals surface area contributed by atoms with E-state index in [2.05, 4.69) is 0 Å². The van der Waals surface area contributed by atoms with Gasteiger partial charge in [0.05, 0.1) is 12.5 Å². The average molecular weight is 404 g/mol. The minimum atomic E-state index is -0.662. The van der Waals surface area contributed by atoms with Gasteiger partial charge in [-0.3, -0.25) is 19.3 Å². The first-order chi connectivity index (χ1) is 13.3. The molecule has 0 saturated heterocycles. The van der Waals surface area contributed by atoms with Crippen molar-refractivity contribution in [2.24, 2.45) is 0 Å². The molecule has 0 radical (unpaired) electrons. The van der Waals surface area contributed by atoms with Gasteiger partial charge in [-0.1, -0.05) is 25.4 Å². The Morgan fingerprint density at radius 1 is 1.25 bits per heavy atom. The van der Waals surface area contributed by atoms with Crippen molar-refractivity contribution in [3.05, 3.63) is 45.5 Å². The van der Waals surface area contributed by atoms with E-state index in [9.17, 15) is 14.4 Å². The zero-order valence-electron chi connectivity index (χ0n) is 16.8. The lowest BCUT2D eigenvalue weighted by Crippen LogP contribution is -2.51. The number of likely N-dealkylation sites (N-methyl/N-ethyl adjacent to an activating group) is 1. The second-order valence-corrected chi connectivity index (χ2v) is 8.03. The maximum absolute atomic E-state index is 13.1. The molecule has 1 heterocycles. The molecule has 2 aliphatic rings. The van der Waals surface area contributed by atoms with E-state index >= 15 is 0 Å². The van der Waals surface area contributed by atoms with E-state index in [1.54, 1.807) is 32.0 Å². The summed E-state index contributed by atoms with van der Waals surface area (Å²) in [5.41, 5.74) is 2.68. The SMILES string of the molecule is CCC1=C2C(=O)CC(=O)c3ccc(Cl)cc3C2C(C(=O)OC(C)C)N(CC)C1. The zero-order chi connectivity index (χ0) is 20.6. The Hall–Kier alpha value is -1.98. The number of benzene rings is 1. The first-order valence-corrected chi connectivity index (χ1v) is 10.2. The van der Waals surface area contributed by atoms with Gasteiger partial charge in [-0.25, -0.2) is 0 Å². The van der Waals surface area contributed by atoms with Gasteiger partial charge >= 0.3 is 5.97 Å². The topological polar surface area (TPSA) is 63.7 Å². The highest BCUT2D eigenvalue weighted by atomic mass is 35.5. The Balaban J connectivity index is 2.28. The van der Waals surface area contributed by atoms with Gasteiger partial charge in [0.15, 0.2) is 11.6 Å². The Labute approximate surface area is 170 Å². The minimum absolute atomic E-state index is 0.179. The summed E-state index contributed by atoms with van der Waals surface area (Å²) in [6.45, 7) is 8.74. The molecule has 5 nitrogen and oxygen atoms in total. The van der Waals surface area contributed by atoms with E-state index in [1.807, 2.05) is 18.7 Å². The van der Waals surface area contributed by atoms with Crippen molar-refractivity contribution in [3.8, 4) is 0 Å². The van der Waals surface area contributed by atoms with Crippen LogP contribution in [0.5, 0.6) is 0 Å². The molecule has 0 N–H and O–H groups in total. The number of halogens is 1. The Bertz CT molecular complexity index is 858. The molecule has 0 spiro atoms. The summed E-state index contributed by atoms with van der Waals surface area (Å²) in [7, 11) is 0. The molecule has 1 aliphatic carbocycles. The fourth-order valence-corrected chi connectivity index (χ4v) is 4.47. The van der Waals surface area contributed by atoms with Crippen LogP contribution >= 0.6 is 11.6 Å². The Morgan fingerprint density at radius 2 is 1.96 bits per heavy atom. The van der Waals surface area contributed by atoms with Gasteiger partial charge in [0.1, 0.15) is 6.04 Å².